The lowest BCUT2D eigenvalue weighted by Crippen LogP contribution is -2.50. The van der Waals surface area contributed by atoms with Crippen LogP contribution in [0.2, 0.25) is 0 Å². The molecular weight excluding hydrogens is 286 g/mol. The molecule has 2 heterocycles. The van der Waals surface area contributed by atoms with Gasteiger partial charge < -0.3 is 0 Å². The first kappa shape index (κ1) is 13.9. The third kappa shape index (κ3) is 1.96. The highest BCUT2D eigenvalue weighted by Crippen LogP contribution is 2.25. The molecule has 0 atom stereocenters. The van der Waals surface area contributed by atoms with Crippen LogP contribution in [-0.2, 0) is 14.1 Å². The van der Waals surface area contributed by atoms with E-state index in [0.29, 0.717) is 5.69 Å². The zero-order valence-corrected chi connectivity index (χ0v) is 12.4. The summed E-state index contributed by atoms with van der Waals surface area (Å²) in [6, 6.07) is 6.80. The number of fused-ring (bicyclic) bond motifs is 1. The first-order chi connectivity index (χ1) is 10.4. The standard InChI is InChI=1S/C14H15N5O3/c1-8-5-4-6-9(7-8)19-13(21)15-11-10(16-19)12(20)18(3)14(22)17(11)2/h4-7,16H,1-3H3,(H,15,21). The quantitative estimate of drug-likeness (QED) is 0.814. The Hall–Kier alpha value is -3.03. The maximum Gasteiger partial charge on any atom is 0.346 e. The fourth-order valence-corrected chi connectivity index (χ4v) is 2.36. The number of anilines is 3. The Morgan fingerprint density at radius 3 is 2.45 bits per heavy atom. The molecule has 0 aliphatic carbocycles. The highest BCUT2D eigenvalue weighted by atomic mass is 16.2. The van der Waals surface area contributed by atoms with Gasteiger partial charge in [0.25, 0.3) is 5.56 Å². The summed E-state index contributed by atoms with van der Waals surface area (Å²) in [4.78, 5) is 36.4. The fourth-order valence-electron chi connectivity index (χ4n) is 2.36. The predicted octanol–water partition coefficient (Wildman–Crippen LogP) is 0.771. The zero-order chi connectivity index (χ0) is 16.0. The van der Waals surface area contributed by atoms with E-state index in [4.69, 9.17) is 0 Å². The van der Waals surface area contributed by atoms with Gasteiger partial charge in [-0.2, -0.15) is 0 Å². The van der Waals surface area contributed by atoms with Gasteiger partial charge in [-0.05, 0) is 24.6 Å². The van der Waals surface area contributed by atoms with Crippen LogP contribution in [0.3, 0.4) is 0 Å². The average Bonchev–Trinajstić information content (AvgIpc) is 2.50. The molecule has 2 N–H and O–H groups in total. The number of carbonyl (C=O) groups is 1. The third-order valence-corrected chi connectivity index (χ3v) is 3.58. The lowest BCUT2D eigenvalue weighted by molar-refractivity contribution is 0.257. The molecule has 8 heteroatoms. The molecule has 0 bridgehead atoms. The molecule has 1 aromatic carbocycles. The Balaban J connectivity index is 2.15. The zero-order valence-electron chi connectivity index (χ0n) is 12.4. The summed E-state index contributed by atoms with van der Waals surface area (Å²) in [6.07, 6.45) is 0. The molecule has 8 nitrogen and oxygen atoms in total. The second-order valence-corrected chi connectivity index (χ2v) is 5.15. The van der Waals surface area contributed by atoms with Crippen molar-refractivity contribution in [1.29, 1.82) is 0 Å². The number of benzene rings is 1. The minimum Gasteiger partial charge on any atom is -0.290 e. The molecule has 114 valence electrons. The van der Waals surface area contributed by atoms with Gasteiger partial charge in [-0.1, -0.05) is 12.1 Å². The van der Waals surface area contributed by atoms with Crippen molar-refractivity contribution >= 4 is 23.2 Å². The fraction of sp³-hybridized carbons (Fsp3) is 0.214. The molecule has 1 aliphatic rings. The Bertz CT molecular complexity index is 896. The lowest BCUT2D eigenvalue weighted by atomic mass is 10.2. The van der Waals surface area contributed by atoms with Crippen molar-refractivity contribution in [3.8, 4) is 0 Å². The maximum absolute atomic E-state index is 12.3. The van der Waals surface area contributed by atoms with Crippen LogP contribution >= 0.6 is 0 Å². The van der Waals surface area contributed by atoms with E-state index in [0.717, 1.165) is 10.1 Å². The van der Waals surface area contributed by atoms with Crippen molar-refractivity contribution < 1.29 is 4.79 Å². The highest BCUT2D eigenvalue weighted by molar-refractivity contribution is 6.07. The van der Waals surface area contributed by atoms with Crippen LogP contribution in [0.5, 0.6) is 0 Å². The number of nitrogens with one attached hydrogen (secondary N) is 2. The predicted molar refractivity (Wildman–Crippen MR) is 83.2 cm³/mol. The number of amides is 2. The number of hydrazine groups is 1. The van der Waals surface area contributed by atoms with Crippen molar-refractivity contribution in [2.75, 3.05) is 15.8 Å². The number of hydrogen-bond acceptors (Lipinski definition) is 4. The number of urea groups is 1. The van der Waals surface area contributed by atoms with Gasteiger partial charge in [0.15, 0.2) is 5.69 Å². The molecule has 1 aliphatic heterocycles. The number of nitrogens with zero attached hydrogens (tertiary/aromatic N) is 3. The number of hydrogen-bond donors (Lipinski definition) is 2. The Morgan fingerprint density at radius 2 is 1.77 bits per heavy atom. The van der Waals surface area contributed by atoms with E-state index in [1.54, 1.807) is 6.07 Å². The second kappa shape index (κ2) is 4.76. The molecule has 3 rings (SSSR count). The Morgan fingerprint density at radius 1 is 1.05 bits per heavy atom. The molecule has 0 saturated carbocycles. The normalized spacial score (nSPS) is 13.4. The van der Waals surface area contributed by atoms with Crippen LogP contribution in [0.4, 0.5) is 22.0 Å². The lowest BCUT2D eigenvalue weighted by Gasteiger charge is -2.31. The van der Waals surface area contributed by atoms with E-state index in [1.807, 2.05) is 25.1 Å². The largest absolute Gasteiger partial charge is 0.346 e. The molecule has 0 spiro atoms. The summed E-state index contributed by atoms with van der Waals surface area (Å²) in [6.45, 7) is 1.90. The van der Waals surface area contributed by atoms with E-state index >= 15 is 0 Å². The van der Waals surface area contributed by atoms with Gasteiger partial charge in [0.05, 0.1) is 5.69 Å². The van der Waals surface area contributed by atoms with Crippen LogP contribution in [0.1, 0.15) is 5.56 Å². The van der Waals surface area contributed by atoms with E-state index in [-0.39, 0.29) is 11.5 Å². The first-order valence-electron chi connectivity index (χ1n) is 6.64. The van der Waals surface area contributed by atoms with Gasteiger partial charge in [-0.25, -0.2) is 14.6 Å². The van der Waals surface area contributed by atoms with Crippen LogP contribution in [0.15, 0.2) is 33.9 Å². The molecule has 1 aromatic heterocycles. The summed E-state index contributed by atoms with van der Waals surface area (Å²) >= 11 is 0. The van der Waals surface area contributed by atoms with E-state index in [2.05, 4.69) is 10.7 Å². The van der Waals surface area contributed by atoms with Gasteiger partial charge in [0, 0.05) is 14.1 Å². The molecule has 2 aromatic rings. The van der Waals surface area contributed by atoms with Gasteiger partial charge >= 0.3 is 11.7 Å². The molecular formula is C14H15N5O3. The molecule has 0 unspecified atom stereocenters. The average molecular weight is 301 g/mol. The van der Waals surface area contributed by atoms with Crippen LogP contribution < -0.4 is 27.0 Å². The van der Waals surface area contributed by atoms with Gasteiger partial charge in [-0.3, -0.25) is 24.7 Å². The Labute approximate surface area is 125 Å². The monoisotopic (exact) mass is 301 g/mol. The number of rotatable bonds is 1. The van der Waals surface area contributed by atoms with E-state index < -0.39 is 17.3 Å². The molecule has 0 fully saturated rings. The third-order valence-electron chi connectivity index (χ3n) is 3.58. The topological polar surface area (TPSA) is 88.4 Å². The summed E-state index contributed by atoms with van der Waals surface area (Å²) in [5.41, 5.74) is 3.51. The van der Waals surface area contributed by atoms with Crippen LogP contribution in [0, 0.1) is 6.92 Å². The van der Waals surface area contributed by atoms with Crippen molar-refractivity contribution in [1.82, 2.24) is 9.13 Å². The summed E-state index contributed by atoms with van der Waals surface area (Å²) in [7, 11) is 2.88. The number of aryl methyl sites for hydroxylation is 1. The van der Waals surface area contributed by atoms with Crippen molar-refractivity contribution in [2.24, 2.45) is 14.1 Å². The number of carbonyl (C=O) groups excluding carboxylic acids is 1. The number of aromatic nitrogens is 2. The first-order valence-corrected chi connectivity index (χ1v) is 6.64. The van der Waals surface area contributed by atoms with Crippen molar-refractivity contribution in [3.05, 3.63) is 50.7 Å². The second-order valence-electron chi connectivity index (χ2n) is 5.15. The summed E-state index contributed by atoms with van der Waals surface area (Å²) in [5.74, 6) is 0.155. The smallest absolute Gasteiger partial charge is 0.290 e. The van der Waals surface area contributed by atoms with Crippen molar-refractivity contribution in [3.63, 3.8) is 0 Å². The summed E-state index contributed by atoms with van der Waals surface area (Å²) < 4.78 is 2.20. The van der Waals surface area contributed by atoms with E-state index in [1.165, 1.54) is 23.7 Å². The van der Waals surface area contributed by atoms with Gasteiger partial charge in [0.2, 0.25) is 0 Å². The van der Waals surface area contributed by atoms with Gasteiger partial charge in [0.1, 0.15) is 5.82 Å². The maximum atomic E-state index is 12.3. The molecule has 2 amide bonds. The highest BCUT2D eigenvalue weighted by Gasteiger charge is 2.28. The van der Waals surface area contributed by atoms with E-state index in [9.17, 15) is 14.4 Å². The molecule has 22 heavy (non-hydrogen) atoms. The molecule has 0 saturated heterocycles. The summed E-state index contributed by atoms with van der Waals surface area (Å²) in [5, 5.41) is 3.82. The minimum absolute atomic E-state index is 0.144. The minimum atomic E-state index is -0.505. The molecule has 0 radical (unpaired) electrons. The van der Waals surface area contributed by atoms with Gasteiger partial charge in [-0.15, -0.1) is 0 Å². The van der Waals surface area contributed by atoms with Crippen molar-refractivity contribution in [2.45, 2.75) is 6.92 Å². The Kier molecular flexibility index (Phi) is 3.01. The van der Waals surface area contributed by atoms with Crippen LogP contribution in [0.25, 0.3) is 0 Å². The van der Waals surface area contributed by atoms with Crippen LogP contribution in [-0.4, -0.2) is 15.2 Å². The SMILES string of the molecule is Cc1cccc(N2Nc3c(n(C)c(=O)n(C)c3=O)NC2=O)c1.